The molecule has 1 aromatic rings. The van der Waals surface area contributed by atoms with Crippen molar-refractivity contribution in [2.75, 3.05) is 0 Å². The number of nitrogens with one attached hydrogen (secondary N) is 1. The van der Waals surface area contributed by atoms with Crippen LogP contribution in [-0.2, 0) is 10.0 Å². The molecule has 0 bridgehead atoms. The van der Waals surface area contributed by atoms with Crippen molar-refractivity contribution in [3.8, 4) is 0 Å². The Morgan fingerprint density at radius 1 is 1.68 bits per heavy atom. The highest BCUT2D eigenvalue weighted by Gasteiger charge is 2.26. The molecular weight excluding hydrogens is 275 g/mol. The van der Waals surface area contributed by atoms with Crippen LogP contribution in [-0.4, -0.2) is 30.5 Å². The van der Waals surface area contributed by atoms with Gasteiger partial charge in [0.05, 0.1) is 6.04 Å². The summed E-state index contributed by atoms with van der Waals surface area (Å²) in [5.41, 5.74) is 5.39. The third-order valence-electron chi connectivity index (χ3n) is 2.33. The maximum absolute atomic E-state index is 13.4. The molecule has 19 heavy (non-hydrogen) atoms. The van der Waals surface area contributed by atoms with E-state index in [1.165, 1.54) is 6.07 Å². The maximum atomic E-state index is 13.4. The fourth-order valence-electron chi connectivity index (χ4n) is 1.44. The SMILES string of the molecule is CCCC(NS(=O)(=O)c1ncccc1F)/C(N)=N/O. The molecule has 1 rings (SSSR count). The fourth-order valence-corrected chi connectivity index (χ4v) is 2.69. The van der Waals surface area contributed by atoms with Crippen molar-refractivity contribution in [1.29, 1.82) is 0 Å². The van der Waals surface area contributed by atoms with Gasteiger partial charge in [0.2, 0.25) is 5.03 Å². The summed E-state index contributed by atoms with van der Waals surface area (Å²) in [6.45, 7) is 1.80. The molecule has 0 fully saturated rings. The van der Waals surface area contributed by atoms with E-state index in [-0.39, 0.29) is 5.84 Å². The number of amidine groups is 1. The number of pyridine rings is 1. The van der Waals surface area contributed by atoms with Gasteiger partial charge in [-0.05, 0) is 18.6 Å². The van der Waals surface area contributed by atoms with Crippen LogP contribution in [0.3, 0.4) is 0 Å². The smallest absolute Gasteiger partial charge is 0.261 e. The molecule has 0 aliphatic rings. The van der Waals surface area contributed by atoms with Crippen LogP contribution in [0.5, 0.6) is 0 Å². The predicted octanol–water partition coefficient (Wildman–Crippen LogP) is 0.414. The molecule has 0 aliphatic carbocycles. The molecule has 1 atom stereocenters. The minimum atomic E-state index is -4.18. The van der Waals surface area contributed by atoms with E-state index in [1.54, 1.807) is 6.92 Å². The van der Waals surface area contributed by atoms with Crippen molar-refractivity contribution in [2.24, 2.45) is 10.9 Å². The summed E-state index contributed by atoms with van der Waals surface area (Å²) in [5.74, 6) is -1.26. The van der Waals surface area contributed by atoms with Gasteiger partial charge in [0, 0.05) is 6.20 Å². The number of halogens is 1. The van der Waals surface area contributed by atoms with Crippen LogP contribution >= 0.6 is 0 Å². The van der Waals surface area contributed by atoms with Gasteiger partial charge in [0.25, 0.3) is 10.0 Å². The van der Waals surface area contributed by atoms with Gasteiger partial charge in [0.1, 0.15) is 0 Å². The molecule has 0 saturated heterocycles. The second-order valence-corrected chi connectivity index (χ2v) is 5.41. The summed E-state index contributed by atoms with van der Waals surface area (Å²) in [5, 5.41) is 10.6. The molecule has 0 spiro atoms. The van der Waals surface area contributed by atoms with Gasteiger partial charge in [-0.15, -0.1) is 0 Å². The molecule has 0 saturated carbocycles. The van der Waals surface area contributed by atoms with Crippen molar-refractivity contribution >= 4 is 15.9 Å². The highest BCUT2D eigenvalue weighted by Crippen LogP contribution is 2.11. The Hall–Kier alpha value is -1.74. The number of nitrogens with zero attached hydrogens (tertiary/aromatic N) is 2. The first-order chi connectivity index (χ1) is 8.92. The number of aromatic nitrogens is 1. The summed E-state index contributed by atoms with van der Waals surface area (Å²) in [7, 11) is -4.18. The largest absolute Gasteiger partial charge is 0.409 e. The standard InChI is InChI=1S/C10H15FN4O3S/c1-2-4-8(9(12)14-16)15-19(17,18)10-7(11)5-3-6-13-10/h3,5-6,8,15-16H,2,4H2,1H3,(H2,12,14). The molecule has 1 aromatic heterocycles. The summed E-state index contributed by atoms with van der Waals surface area (Å²) >= 11 is 0. The lowest BCUT2D eigenvalue weighted by Gasteiger charge is -2.16. The number of oxime groups is 1. The average molecular weight is 290 g/mol. The molecule has 0 aliphatic heterocycles. The molecule has 106 valence electrons. The highest BCUT2D eigenvalue weighted by molar-refractivity contribution is 7.89. The third kappa shape index (κ3) is 3.86. The van der Waals surface area contributed by atoms with Gasteiger partial charge in [-0.3, -0.25) is 0 Å². The first-order valence-electron chi connectivity index (χ1n) is 5.52. The lowest BCUT2D eigenvalue weighted by atomic mass is 10.2. The zero-order valence-corrected chi connectivity index (χ0v) is 11.1. The highest BCUT2D eigenvalue weighted by atomic mass is 32.2. The lowest BCUT2D eigenvalue weighted by molar-refractivity contribution is 0.315. The van der Waals surface area contributed by atoms with Crippen LogP contribution < -0.4 is 10.5 Å². The van der Waals surface area contributed by atoms with Gasteiger partial charge in [-0.2, -0.15) is 4.72 Å². The van der Waals surface area contributed by atoms with Crippen molar-refractivity contribution in [1.82, 2.24) is 9.71 Å². The van der Waals surface area contributed by atoms with E-state index in [9.17, 15) is 12.8 Å². The first-order valence-corrected chi connectivity index (χ1v) is 7.01. The topological polar surface area (TPSA) is 118 Å². The van der Waals surface area contributed by atoms with Crippen LogP contribution in [0.2, 0.25) is 0 Å². The Bertz CT molecular complexity index is 562. The van der Waals surface area contributed by atoms with Gasteiger partial charge >= 0.3 is 0 Å². The van der Waals surface area contributed by atoms with E-state index in [0.29, 0.717) is 12.8 Å². The predicted molar refractivity (Wildman–Crippen MR) is 66.6 cm³/mol. The van der Waals surface area contributed by atoms with E-state index in [0.717, 1.165) is 12.3 Å². The van der Waals surface area contributed by atoms with Crippen molar-refractivity contribution in [3.63, 3.8) is 0 Å². The Morgan fingerprint density at radius 3 is 2.89 bits per heavy atom. The van der Waals surface area contributed by atoms with Crippen molar-refractivity contribution in [3.05, 3.63) is 24.1 Å². The summed E-state index contributed by atoms with van der Waals surface area (Å²) in [6.07, 6.45) is 2.06. The van der Waals surface area contributed by atoms with E-state index in [1.807, 2.05) is 0 Å². The zero-order chi connectivity index (χ0) is 14.5. The number of nitrogens with two attached hydrogens (primary N) is 1. The zero-order valence-electron chi connectivity index (χ0n) is 10.2. The second kappa shape index (κ2) is 6.43. The van der Waals surface area contributed by atoms with Gasteiger partial charge in [-0.1, -0.05) is 18.5 Å². The van der Waals surface area contributed by atoms with E-state index >= 15 is 0 Å². The normalized spacial score (nSPS) is 14.3. The fraction of sp³-hybridized carbons (Fsp3) is 0.400. The third-order valence-corrected chi connectivity index (χ3v) is 3.73. The molecule has 0 amide bonds. The molecule has 1 heterocycles. The minimum Gasteiger partial charge on any atom is -0.409 e. The number of hydrogen-bond donors (Lipinski definition) is 3. The van der Waals surface area contributed by atoms with Crippen LogP contribution in [0, 0.1) is 5.82 Å². The molecule has 1 unspecified atom stereocenters. The van der Waals surface area contributed by atoms with E-state index in [4.69, 9.17) is 10.9 Å². The number of rotatable bonds is 6. The molecular formula is C10H15FN4O3S. The maximum Gasteiger partial charge on any atom is 0.261 e. The average Bonchev–Trinajstić information content (AvgIpc) is 2.37. The molecule has 0 radical (unpaired) electrons. The van der Waals surface area contributed by atoms with E-state index < -0.39 is 26.9 Å². The van der Waals surface area contributed by atoms with Crippen molar-refractivity contribution in [2.45, 2.75) is 30.8 Å². The minimum absolute atomic E-state index is 0.290. The monoisotopic (exact) mass is 290 g/mol. The summed E-state index contributed by atoms with van der Waals surface area (Å²) in [4.78, 5) is 3.48. The second-order valence-electron chi connectivity index (χ2n) is 3.78. The summed E-state index contributed by atoms with van der Waals surface area (Å²) in [6, 6.07) is 1.35. The van der Waals surface area contributed by atoms with Crippen molar-refractivity contribution < 1.29 is 18.0 Å². The molecule has 9 heteroatoms. The Balaban J connectivity index is 3.05. The molecule has 4 N–H and O–H groups in total. The Kier molecular flexibility index (Phi) is 5.19. The van der Waals surface area contributed by atoms with Crippen LogP contribution in [0.4, 0.5) is 4.39 Å². The van der Waals surface area contributed by atoms with Crippen LogP contribution in [0.25, 0.3) is 0 Å². The lowest BCUT2D eigenvalue weighted by Crippen LogP contribution is -2.44. The first kappa shape index (κ1) is 15.3. The number of hydrogen-bond acceptors (Lipinski definition) is 5. The molecule has 0 aromatic carbocycles. The van der Waals surface area contributed by atoms with E-state index in [2.05, 4.69) is 14.9 Å². The molecule has 7 nitrogen and oxygen atoms in total. The number of sulfonamides is 1. The van der Waals surface area contributed by atoms with Gasteiger partial charge < -0.3 is 10.9 Å². The Morgan fingerprint density at radius 2 is 2.37 bits per heavy atom. The van der Waals surface area contributed by atoms with Crippen LogP contribution in [0.1, 0.15) is 19.8 Å². The summed E-state index contributed by atoms with van der Waals surface area (Å²) < 4.78 is 39.5. The Labute approximate surface area is 110 Å². The van der Waals surface area contributed by atoms with Gasteiger partial charge in [0.15, 0.2) is 11.7 Å². The quantitative estimate of drug-likeness (QED) is 0.303. The van der Waals surface area contributed by atoms with Crippen LogP contribution in [0.15, 0.2) is 28.5 Å². The van der Waals surface area contributed by atoms with Gasteiger partial charge in [-0.25, -0.2) is 17.8 Å².